The van der Waals surface area contributed by atoms with Crippen LogP contribution in [0.1, 0.15) is 32.5 Å². The third-order valence-corrected chi connectivity index (χ3v) is 3.84. The van der Waals surface area contributed by atoms with Crippen LogP contribution in [0.15, 0.2) is 22.9 Å². The number of nitrogens with zero attached hydrogens (tertiary/aromatic N) is 4. The smallest absolute Gasteiger partial charge is 0.259 e. The molecule has 1 unspecified atom stereocenters. The molecule has 2 aromatic heterocycles. The maximum absolute atomic E-state index is 5.17. The first kappa shape index (κ1) is 15.0. The first-order valence-electron chi connectivity index (χ1n) is 7.89. The van der Waals surface area contributed by atoms with Crippen molar-refractivity contribution in [3.63, 3.8) is 0 Å². The molecule has 1 saturated heterocycles. The number of piperidine rings is 1. The summed E-state index contributed by atoms with van der Waals surface area (Å²) < 4.78 is 5.17. The Morgan fingerprint density at radius 3 is 2.86 bits per heavy atom. The molecule has 6 nitrogen and oxygen atoms in total. The van der Waals surface area contributed by atoms with Crippen molar-refractivity contribution in [1.82, 2.24) is 20.4 Å². The van der Waals surface area contributed by atoms with Crippen LogP contribution in [0.5, 0.6) is 0 Å². The number of hydrogen-bond donors (Lipinski definition) is 1. The Bertz CT molecular complexity index is 607. The van der Waals surface area contributed by atoms with Gasteiger partial charge in [0.25, 0.3) is 5.89 Å². The van der Waals surface area contributed by atoms with Gasteiger partial charge in [0.2, 0.25) is 0 Å². The zero-order valence-electron chi connectivity index (χ0n) is 13.4. The van der Waals surface area contributed by atoms with E-state index in [0.29, 0.717) is 23.8 Å². The van der Waals surface area contributed by atoms with Gasteiger partial charge in [-0.2, -0.15) is 4.98 Å². The van der Waals surface area contributed by atoms with Crippen LogP contribution in [0.2, 0.25) is 0 Å². The molecule has 2 aromatic rings. The average Bonchev–Trinajstić information content (AvgIpc) is 2.94. The van der Waals surface area contributed by atoms with Crippen LogP contribution < -0.4 is 10.2 Å². The lowest BCUT2D eigenvalue weighted by atomic mass is 10.0. The van der Waals surface area contributed by atoms with E-state index in [9.17, 15) is 0 Å². The Balaban J connectivity index is 1.69. The zero-order valence-corrected chi connectivity index (χ0v) is 13.4. The highest BCUT2D eigenvalue weighted by atomic mass is 16.5. The Morgan fingerprint density at radius 2 is 2.23 bits per heavy atom. The molecule has 0 aliphatic carbocycles. The van der Waals surface area contributed by atoms with E-state index < -0.39 is 0 Å². The summed E-state index contributed by atoms with van der Waals surface area (Å²) in [5.41, 5.74) is 0.859. The van der Waals surface area contributed by atoms with E-state index in [2.05, 4.69) is 39.2 Å². The summed E-state index contributed by atoms with van der Waals surface area (Å²) in [5, 5.41) is 7.43. The summed E-state index contributed by atoms with van der Waals surface area (Å²) in [4.78, 5) is 11.1. The summed E-state index contributed by atoms with van der Waals surface area (Å²) >= 11 is 0. The van der Waals surface area contributed by atoms with E-state index in [0.717, 1.165) is 24.5 Å². The normalized spacial score (nSPS) is 18.9. The van der Waals surface area contributed by atoms with E-state index in [4.69, 9.17) is 4.52 Å². The van der Waals surface area contributed by atoms with Crippen molar-refractivity contribution >= 4 is 5.82 Å². The minimum absolute atomic E-state index is 0.515. The molecule has 0 amide bonds. The molecule has 0 saturated carbocycles. The van der Waals surface area contributed by atoms with E-state index in [1.807, 2.05) is 25.3 Å². The van der Waals surface area contributed by atoms with Crippen LogP contribution in [0.3, 0.4) is 0 Å². The largest absolute Gasteiger partial charge is 0.355 e. The van der Waals surface area contributed by atoms with Gasteiger partial charge in [-0.25, -0.2) is 4.98 Å². The highest BCUT2D eigenvalue weighted by Gasteiger charge is 2.21. The molecule has 0 spiro atoms. The number of aryl methyl sites for hydroxylation is 1. The van der Waals surface area contributed by atoms with Crippen LogP contribution in [0.25, 0.3) is 11.5 Å². The summed E-state index contributed by atoms with van der Waals surface area (Å²) in [5.74, 6) is 2.17. The number of nitrogens with one attached hydrogen (secondary N) is 1. The summed E-state index contributed by atoms with van der Waals surface area (Å²) in [7, 11) is 0. The molecule has 6 heteroatoms. The Morgan fingerprint density at radius 1 is 1.36 bits per heavy atom. The second-order valence-electron chi connectivity index (χ2n) is 6.16. The number of rotatable bonds is 4. The molecule has 118 valence electrons. The lowest BCUT2D eigenvalue weighted by Gasteiger charge is -2.35. The fourth-order valence-corrected chi connectivity index (χ4v) is 2.91. The van der Waals surface area contributed by atoms with E-state index >= 15 is 0 Å². The van der Waals surface area contributed by atoms with Gasteiger partial charge >= 0.3 is 0 Å². The molecule has 22 heavy (non-hydrogen) atoms. The van der Waals surface area contributed by atoms with Gasteiger partial charge in [0.1, 0.15) is 5.82 Å². The quantitative estimate of drug-likeness (QED) is 0.935. The van der Waals surface area contributed by atoms with E-state index in [1.165, 1.54) is 12.8 Å². The average molecular weight is 301 g/mol. The highest BCUT2D eigenvalue weighted by molar-refractivity contribution is 5.54. The topological polar surface area (TPSA) is 67.1 Å². The lowest BCUT2D eigenvalue weighted by molar-refractivity contribution is 0.393. The molecule has 1 fully saturated rings. The number of aromatic nitrogens is 3. The fourth-order valence-electron chi connectivity index (χ4n) is 2.91. The monoisotopic (exact) mass is 301 g/mol. The fraction of sp³-hybridized carbons (Fsp3) is 0.562. The predicted molar refractivity (Wildman–Crippen MR) is 85.8 cm³/mol. The van der Waals surface area contributed by atoms with Gasteiger partial charge in [-0.05, 0) is 31.9 Å². The Hall–Kier alpha value is -1.95. The van der Waals surface area contributed by atoms with E-state index in [-0.39, 0.29) is 0 Å². The van der Waals surface area contributed by atoms with Crippen LogP contribution >= 0.6 is 0 Å². The number of anilines is 1. The van der Waals surface area contributed by atoms with Gasteiger partial charge in [0, 0.05) is 31.4 Å². The van der Waals surface area contributed by atoms with Crippen LogP contribution in [-0.2, 0) is 0 Å². The predicted octanol–water partition coefficient (Wildman–Crippen LogP) is 2.41. The van der Waals surface area contributed by atoms with Crippen molar-refractivity contribution in [3.8, 4) is 11.5 Å². The van der Waals surface area contributed by atoms with Crippen LogP contribution in [-0.4, -0.2) is 40.3 Å². The second-order valence-corrected chi connectivity index (χ2v) is 6.16. The maximum Gasteiger partial charge on any atom is 0.259 e. The van der Waals surface area contributed by atoms with Crippen molar-refractivity contribution in [1.29, 1.82) is 0 Å². The summed E-state index contributed by atoms with van der Waals surface area (Å²) in [6.45, 7) is 8.26. The minimum atomic E-state index is 0.515. The SMILES string of the molecule is Cc1noc(-c2ccc(N3CCCC(NC(C)C)C3)nc2)n1. The van der Waals surface area contributed by atoms with Gasteiger partial charge in [-0.3, -0.25) is 0 Å². The molecule has 1 aliphatic rings. The zero-order chi connectivity index (χ0) is 15.5. The lowest BCUT2D eigenvalue weighted by Crippen LogP contribution is -2.48. The van der Waals surface area contributed by atoms with Crippen LogP contribution in [0, 0.1) is 6.92 Å². The van der Waals surface area contributed by atoms with Crippen molar-refractivity contribution in [2.24, 2.45) is 0 Å². The first-order valence-corrected chi connectivity index (χ1v) is 7.89. The van der Waals surface area contributed by atoms with Crippen molar-refractivity contribution in [2.45, 2.75) is 45.7 Å². The van der Waals surface area contributed by atoms with Gasteiger partial charge < -0.3 is 14.7 Å². The number of pyridine rings is 1. The molecular formula is C16H23N5O. The third-order valence-electron chi connectivity index (χ3n) is 3.84. The standard InChI is InChI=1S/C16H23N5O/c1-11(2)18-14-5-4-8-21(10-14)15-7-6-13(9-17-15)16-19-12(3)20-22-16/h6-7,9,11,14,18H,4-5,8,10H2,1-3H3. The highest BCUT2D eigenvalue weighted by Crippen LogP contribution is 2.22. The van der Waals surface area contributed by atoms with Crippen LogP contribution in [0.4, 0.5) is 5.82 Å². The summed E-state index contributed by atoms with van der Waals surface area (Å²) in [6, 6.07) is 5.08. The molecular weight excluding hydrogens is 278 g/mol. The van der Waals surface area contributed by atoms with Gasteiger partial charge in [0.15, 0.2) is 5.82 Å². The summed E-state index contributed by atoms with van der Waals surface area (Å²) in [6.07, 6.45) is 4.23. The molecule has 1 atom stereocenters. The van der Waals surface area contributed by atoms with Crippen molar-refractivity contribution in [3.05, 3.63) is 24.2 Å². The van der Waals surface area contributed by atoms with E-state index in [1.54, 1.807) is 0 Å². The maximum atomic E-state index is 5.17. The van der Waals surface area contributed by atoms with Crippen molar-refractivity contribution in [2.75, 3.05) is 18.0 Å². The molecule has 1 N–H and O–H groups in total. The molecule has 3 heterocycles. The van der Waals surface area contributed by atoms with Gasteiger partial charge in [0.05, 0.1) is 5.56 Å². The Labute approximate surface area is 130 Å². The molecule has 0 bridgehead atoms. The number of hydrogen-bond acceptors (Lipinski definition) is 6. The molecule has 3 rings (SSSR count). The van der Waals surface area contributed by atoms with Gasteiger partial charge in [-0.1, -0.05) is 19.0 Å². The first-order chi connectivity index (χ1) is 10.6. The second kappa shape index (κ2) is 6.44. The molecule has 1 aliphatic heterocycles. The third kappa shape index (κ3) is 3.44. The van der Waals surface area contributed by atoms with Crippen molar-refractivity contribution < 1.29 is 4.52 Å². The molecule has 0 aromatic carbocycles. The Kier molecular flexibility index (Phi) is 4.38. The molecule has 0 radical (unpaired) electrons. The minimum Gasteiger partial charge on any atom is -0.355 e. The van der Waals surface area contributed by atoms with Gasteiger partial charge in [-0.15, -0.1) is 0 Å².